The second kappa shape index (κ2) is 6.25. The molecule has 1 aromatic heterocycles. The molecule has 0 fully saturated rings. The molecule has 0 bridgehead atoms. The third-order valence-corrected chi connectivity index (χ3v) is 4.27. The summed E-state index contributed by atoms with van der Waals surface area (Å²) < 4.78 is 63.6. The van der Waals surface area contributed by atoms with Crippen LogP contribution in [0, 0.1) is 0 Å². The van der Waals surface area contributed by atoms with E-state index >= 15 is 0 Å². The molecule has 3 aromatic rings. The van der Waals surface area contributed by atoms with Gasteiger partial charge in [-0.1, -0.05) is 36.4 Å². The van der Waals surface area contributed by atoms with Gasteiger partial charge in [-0.3, -0.25) is 5.10 Å². The summed E-state index contributed by atoms with van der Waals surface area (Å²) in [5.74, 6) is -0.444. The van der Waals surface area contributed by atoms with E-state index in [0.717, 1.165) is 11.6 Å². The average Bonchev–Trinajstić information content (AvgIpc) is 2.95. The summed E-state index contributed by atoms with van der Waals surface area (Å²) >= 11 is 0. The molecular formula is C16H11F3N2O3S. The van der Waals surface area contributed by atoms with Crippen molar-refractivity contribution in [3.05, 3.63) is 59.8 Å². The Morgan fingerprint density at radius 2 is 1.76 bits per heavy atom. The molecule has 0 saturated carbocycles. The van der Waals surface area contributed by atoms with Gasteiger partial charge in [-0.25, -0.2) is 0 Å². The van der Waals surface area contributed by atoms with Crippen LogP contribution in [0.5, 0.6) is 5.75 Å². The molecule has 0 aliphatic carbocycles. The number of hydrogen-bond acceptors (Lipinski definition) is 4. The number of rotatable bonds is 4. The summed E-state index contributed by atoms with van der Waals surface area (Å²) in [7, 11) is -5.72. The summed E-state index contributed by atoms with van der Waals surface area (Å²) in [5, 5.41) is 7.21. The van der Waals surface area contributed by atoms with Crippen LogP contribution in [0.3, 0.4) is 0 Å². The van der Waals surface area contributed by atoms with Gasteiger partial charge >= 0.3 is 15.6 Å². The smallest absolute Gasteiger partial charge is 0.376 e. The minimum absolute atomic E-state index is 0.432. The first-order valence-electron chi connectivity index (χ1n) is 6.98. The van der Waals surface area contributed by atoms with Gasteiger partial charge in [0.05, 0.1) is 11.2 Å². The molecule has 0 unspecified atom stereocenters. The summed E-state index contributed by atoms with van der Waals surface area (Å²) in [6.07, 6.45) is 3.44. The number of nitrogens with one attached hydrogen (secondary N) is 1. The molecule has 0 saturated heterocycles. The highest BCUT2D eigenvalue weighted by molar-refractivity contribution is 7.88. The Labute approximate surface area is 140 Å². The fraction of sp³-hybridized carbons (Fsp3) is 0.0625. The number of aromatic nitrogens is 2. The van der Waals surface area contributed by atoms with E-state index in [1.165, 1.54) is 12.1 Å². The van der Waals surface area contributed by atoms with Gasteiger partial charge in [-0.15, -0.1) is 0 Å². The molecule has 25 heavy (non-hydrogen) atoms. The van der Waals surface area contributed by atoms with Crippen LogP contribution in [0.2, 0.25) is 0 Å². The molecule has 0 spiro atoms. The zero-order valence-corrected chi connectivity index (χ0v) is 13.3. The maximum atomic E-state index is 12.4. The second-order valence-electron chi connectivity index (χ2n) is 5.04. The lowest BCUT2D eigenvalue weighted by Gasteiger charge is -2.09. The lowest BCUT2D eigenvalue weighted by Crippen LogP contribution is -2.28. The Hall–Kier alpha value is -2.81. The molecule has 1 N–H and O–H groups in total. The fourth-order valence-electron chi connectivity index (χ4n) is 2.11. The summed E-state index contributed by atoms with van der Waals surface area (Å²) in [4.78, 5) is 0. The Morgan fingerprint density at radius 3 is 2.44 bits per heavy atom. The Bertz CT molecular complexity index is 1030. The summed E-state index contributed by atoms with van der Waals surface area (Å²) in [6.45, 7) is 0. The van der Waals surface area contributed by atoms with Crippen molar-refractivity contribution in [2.24, 2.45) is 0 Å². The van der Waals surface area contributed by atoms with E-state index in [1.54, 1.807) is 12.2 Å². The van der Waals surface area contributed by atoms with Crippen molar-refractivity contribution >= 4 is 33.2 Å². The monoisotopic (exact) mass is 368 g/mol. The zero-order chi connectivity index (χ0) is 18.1. The second-order valence-corrected chi connectivity index (χ2v) is 6.58. The van der Waals surface area contributed by atoms with Gasteiger partial charge in [0.15, 0.2) is 0 Å². The van der Waals surface area contributed by atoms with E-state index in [0.29, 0.717) is 16.6 Å². The molecule has 0 atom stereocenters. The van der Waals surface area contributed by atoms with Crippen LogP contribution in [0.15, 0.2) is 48.5 Å². The standard InChI is InChI=1S/C16H11F3N2O3S/c17-16(18,19)25(22,23)24-12-7-9-15-13(10-12)14(20-21-15)8-6-11-4-2-1-3-5-11/h1-10H,(H,20,21)/b8-6+. The fourth-order valence-corrected chi connectivity index (χ4v) is 2.56. The minimum atomic E-state index is -5.72. The van der Waals surface area contributed by atoms with Crippen molar-refractivity contribution in [1.29, 1.82) is 0 Å². The predicted octanol–water partition coefficient (Wildman–Crippen LogP) is 3.96. The highest BCUT2D eigenvalue weighted by Gasteiger charge is 2.48. The van der Waals surface area contributed by atoms with Crippen LogP contribution in [0.1, 0.15) is 11.3 Å². The number of fused-ring (bicyclic) bond motifs is 1. The van der Waals surface area contributed by atoms with Gasteiger partial charge in [0.1, 0.15) is 5.75 Å². The van der Waals surface area contributed by atoms with E-state index in [-0.39, 0.29) is 0 Å². The van der Waals surface area contributed by atoms with Crippen molar-refractivity contribution in [2.45, 2.75) is 5.51 Å². The molecule has 1 heterocycles. The van der Waals surface area contributed by atoms with Crippen molar-refractivity contribution in [3.8, 4) is 5.75 Å². The van der Waals surface area contributed by atoms with E-state index in [2.05, 4.69) is 14.4 Å². The molecule has 130 valence electrons. The SMILES string of the molecule is O=S(=O)(Oc1ccc2[nH]nc(/C=C/c3ccccc3)c2c1)C(F)(F)F. The zero-order valence-electron chi connectivity index (χ0n) is 12.5. The van der Waals surface area contributed by atoms with Crippen molar-refractivity contribution in [1.82, 2.24) is 10.2 Å². The van der Waals surface area contributed by atoms with E-state index in [1.807, 2.05) is 30.3 Å². The Balaban J connectivity index is 1.94. The van der Waals surface area contributed by atoms with Gasteiger partial charge in [0.25, 0.3) is 0 Å². The van der Waals surface area contributed by atoms with Crippen LogP contribution >= 0.6 is 0 Å². The average molecular weight is 368 g/mol. The largest absolute Gasteiger partial charge is 0.534 e. The Kier molecular flexibility index (Phi) is 4.25. The molecule has 0 aliphatic rings. The maximum absolute atomic E-state index is 12.4. The summed E-state index contributed by atoms with van der Waals surface area (Å²) in [6, 6.07) is 13.0. The molecule has 3 rings (SSSR count). The van der Waals surface area contributed by atoms with Gasteiger partial charge < -0.3 is 4.18 Å². The number of benzene rings is 2. The van der Waals surface area contributed by atoms with Crippen LogP contribution in [0.4, 0.5) is 13.2 Å². The molecule has 2 aromatic carbocycles. The van der Waals surface area contributed by atoms with Crippen molar-refractivity contribution < 1.29 is 25.8 Å². The quantitative estimate of drug-likeness (QED) is 0.559. The predicted molar refractivity (Wildman–Crippen MR) is 87.1 cm³/mol. The van der Waals surface area contributed by atoms with E-state index < -0.39 is 21.4 Å². The number of H-pyrrole nitrogens is 1. The van der Waals surface area contributed by atoms with E-state index in [9.17, 15) is 21.6 Å². The lowest BCUT2D eigenvalue weighted by atomic mass is 10.1. The summed E-state index contributed by atoms with van der Waals surface area (Å²) in [5.41, 5.74) is -3.61. The lowest BCUT2D eigenvalue weighted by molar-refractivity contribution is -0.0500. The first kappa shape index (κ1) is 17.0. The molecular weight excluding hydrogens is 357 g/mol. The number of alkyl halides is 3. The number of halogens is 3. The highest BCUT2D eigenvalue weighted by Crippen LogP contribution is 2.29. The first-order valence-corrected chi connectivity index (χ1v) is 8.39. The molecule has 5 nitrogen and oxygen atoms in total. The van der Waals surface area contributed by atoms with Gasteiger partial charge in [0, 0.05) is 5.39 Å². The van der Waals surface area contributed by atoms with Crippen molar-refractivity contribution in [3.63, 3.8) is 0 Å². The number of aromatic amines is 1. The van der Waals surface area contributed by atoms with Crippen LogP contribution < -0.4 is 4.18 Å². The number of hydrogen-bond donors (Lipinski definition) is 1. The van der Waals surface area contributed by atoms with Gasteiger partial charge in [-0.2, -0.15) is 26.7 Å². The normalized spacial score (nSPS) is 12.8. The van der Waals surface area contributed by atoms with Crippen molar-refractivity contribution in [2.75, 3.05) is 0 Å². The molecule has 0 radical (unpaired) electrons. The highest BCUT2D eigenvalue weighted by atomic mass is 32.2. The topological polar surface area (TPSA) is 72.1 Å². The molecule has 0 amide bonds. The molecule has 9 heteroatoms. The Morgan fingerprint density at radius 1 is 1.04 bits per heavy atom. The van der Waals surface area contributed by atoms with Crippen LogP contribution in [-0.2, 0) is 10.1 Å². The number of nitrogens with zero attached hydrogens (tertiary/aromatic N) is 1. The first-order chi connectivity index (χ1) is 11.8. The third-order valence-electron chi connectivity index (χ3n) is 3.29. The van der Waals surface area contributed by atoms with Gasteiger partial charge in [-0.05, 0) is 29.8 Å². The molecule has 0 aliphatic heterocycles. The van der Waals surface area contributed by atoms with Crippen LogP contribution in [0.25, 0.3) is 23.1 Å². The minimum Gasteiger partial charge on any atom is -0.376 e. The van der Waals surface area contributed by atoms with Crippen LogP contribution in [-0.4, -0.2) is 24.1 Å². The maximum Gasteiger partial charge on any atom is 0.534 e. The van der Waals surface area contributed by atoms with E-state index in [4.69, 9.17) is 0 Å². The third kappa shape index (κ3) is 3.66. The van der Waals surface area contributed by atoms with Gasteiger partial charge in [0.2, 0.25) is 0 Å².